The Morgan fingerprint density at radius 3 is 2.40 bits per heavy atom. The monoisotopic (exact) mass is 401 g/mol. The molecule has 1 aliphatic heterocycles. The van der Waals surface area contributed by atoms with E-state index in [0.717, 1.165) is 43.8 Å². The molecule has 1 amide bonds. The van der Waals surface area contributed by atoms with Crippen molar-refractivity contribution in [3.8, 4) is 0 Å². The molecular formula is C26H31N3O+2. The Bertz CT molecular complexity index is 1010. The van der Waals surface area contributed by atoms with Gasteiger partial charge in [0.05, 0.1) is 6.54 Å². The molecule has 0 saturated carbocycles. The lowest BCUT2D eigenvalue weighted by atomic mass is 10.1. The molecule has 1 fully saturated rings. The molecule has 4 nitrogen and oxygen atoms in total. The van der Waals surface area contributed by atoms with E-state index in [1.807, 2.05) is 31.2 Å². The van der Waals surface area contributed by atoms with Gasteiger partial charge in [0.15, 0.2) is 6.04 Å². The van der Waals surface area contributed by atoms with E-state index in [0.29, 0.717) is 0 Å². The van der Waals surface area contributed by atoms with Crippen molar-refractivity contribution < 1.29 is 14.6 Å². The Kier molecular flexibility index (Phi) is 6.57. The van der Waals surface area contributed by atoms with Gasteiger partial charge in [-0.05, 0) is 41.5 Å². The Morgan fingerprint density at radius 1 is 0.933 bits per heavy atom. The van der Waals surface area contributed by atoms with Crippen LogP contribution >= 0.6 is 0 Å². The lowest BCUT2D eigenvalue weighted by molar-refractivity contribution is -1.02. The van der Waals surface area contributed by atoms with Crippen LogP contribution in [-0.4, -0.2) is 44.7 Å². The summed E-state index contributed by atoms with van der Waals surface area (Å²) in [4.78, 5) is 15.8. The highest BCUT2D eigenvalue weighted by molar-refractivity contribution is 5.96. The zero-order valence-corrected chi connectivity index (χ0v) is 17.6. The average molecular weight is 402 g/mol. The number of rotatable bonds is 6. The molecule has 0 spiro atoms. The number of fused-ring (bicyclic) bond motifs is 1. The number of carbonyl (C=O) groups excluding carboxylic acids is 1. The van der Waals surface area contributed by atoms with Crippen molar-refractivity contribution in [3.05, 3.63) is 84.4 Å². The maximum Gasteiger partial charge on any atom is 0.282 e. The number of quaternary nitrogens is 2. The van der Waals surface area contributed by atoms with Gasteiger partial charge in [0.2, 0.25) is 0 Å². The molecule has 154 valence electrons. The first-order valence-electron chi connectivity index (χ1n) is 10.9. The number of benzene rings is 3. The van der Waals surface area contributed by atoms with E-state index in [2.05, 4.69) is 66.0 Å². The van der Waals surface area contributed by atoms with Gasteiger partial charge in [0.25, 0.3) is 5.91 Å². The van der Waals surface area contributed by atoms with Crippen LogP contribution in [0, 0.1) is 0 Å². The van der Waals surface area contributed by atoms with E-state index in [-0.39, 0.29) is 11.9 Å². The third-order valence-corrected chi connectivity index (χ3v) is 6.14. The SMILES string of the molecule is C[C@@H](C(=O)Nc1ccc2ccccc2c1)[NH+]1CC[NH+](C/C=C/c2ccccc2)CC1. The lowest BCUT2D eigenvalue weighted by Crippen LogP contribution is -3.29. The fourth-order valence-electron chi connectivity index (χ4n) is 4.19. The topological polar surface area (TPSA) is 38.0 Å². The van der Waals surface area contributed by atoms with Crippen LogP contribution < -0.4 is 15.1 Å². The number of hydrogen-bond acceptors (Lipinski definition) is 1. The summed E-state index contributed by atoms with van der Waals surface area (Å²) in [7, 11) is 0. The number of anilines is 1. The molecule has 4 heteroatoms. The van der Waals surface area contributed by atoms with Gasteiger partial charge in [0.1, 0.15) is 26.2 Å². The number of piperazine rings is 1. The first-order chi connectivity index (χ1) is 14.7. The third-order valence-electron chi connectivity index (χ3n) is 6.14. The minimum absolute atomic E-state index is 0.0436. The number of carbonyl (C=O) groups is 1. The second kappa shape index (κ2) is 9.70. The fraction of sp³-hybridized carbons (Fsp3) is 0.269. The van der Waals surface area contributed by atoms with Crippen LogP contribution in [0.2, 0.25) is 0 Å². The molecule has 1 aliphatic rings. The highest BCUT2D eigenvalue weighted by atomic mass is 16.2. The van der Waals surface area contributed by atoms with E-state index in [4.69, 9.17) is 0 Å². The number of hydrogen-bond donors (Lipinski definition) is 3. The van der Waals surface area contributed by atoms with E-state index in [1.165, 1.54) is 15.8 Å². The van der Waals surface area contributed by atoms with Gasteiger partial charge in [-0.2, -0.15) is 0 Å². The quantitative estimate of drug-likeness (QED) is 0.578. The van der Waals surface area contributed by atoms with E-state index in [9.17, 15) is 4.79 Å². The molecule has 1 saturated heterocycles. The maximum atomic E-state index is 12.8. The van der Waals surface area contributed by atoms with Crippen molar-refractivity contribution in [1.82, 2.24) is 0 Å². The molecular weight excluding hydrogens is 370 g/mol. The van der Waals surface area contributed by atoms with Gasteiger partial charge < -0.3 is 15.1 Å². The van der Waals surface area contributed by atoms with Crippen LogP contribution in [0.4, 0.5) is 5.69 Å². The van der Waals surface area contributed by atoms with Gasteiger partial charge >= 0.3 is 0 Å². The van der Waals surface area contributed by atoms with Gasteiger partial charge in [0, 0.05) is 5.69 Å². The first-order valence-corrected chi connectivity index (χ1v) is 10.9. The van der Waals surface area contributed by atoms with Gasteiger partial charge in [-0.3, -0.25) is 4.79 Å². The van der Waals surface area contributed by atoms with Crippen LogP contribution in [0.15, 0.2) is 78.9 Å². The molecule has 1 atom stereocenters. The van der Waals surface area contributed by atoms with E-state index in [1.54, 1.807) is 4.90 Å². The molecule has 0 bridgehead atoms. The minimum atomic E-state index is -0.0436. The summed E-state index contributed by atoms with van der Waals surface area (Å²) >= 11 is 0. The smallest absolute Gasteiger partial charge is 0.282 e. The van der Waals surface area contributed by atoms with Crippen molar-refractivity contribution in [1.29, 1.82) is 0 Å². The second-order valence-corrected chi connectivity index (χ2v) is 8.20. The summed E-state index contributed by atoms with van der Waals surface area (Å²) in [5.74, 6) is 0.104. The Labute approximate surface area is 178 Å². The molecule has 0 unspecified atom stereocenters. The van der Waals surface area contributed by atoms with Gasteiger partial charge in [-0.15, -0.1) is 0 Å². The highest BCUT2D eigenvalue weighted by Gasteiger charge is 2.30. The number of amides is 1. The molecule has 0 radical (unpaired) electrons. The van der Waals surface area contributed by atoms with Crippen molar-refractivity contribution in [3.63, 3.8) is 0 Å². The molecule has 0 aromatic heterocycles. The van der Waals surface area contributed by atoms with Crippen LogP contribution in [0.5, 0.6) is 0 Å². The standard InChI is InChI=1S/C26H29N3O/c1-21(26(30)27-25-14-13-23-11-5-6-12-24(23)20-25)29-18-16-28(17-19-29)15-7-10-22-8-3-2-4-9-22/h2-14,20-21H,15-19H2,1H3,(H,27,30)/p+2/b10-7+/t21-/m0/s1. The molecule has 1 heterocycles. The summed E-state index contributed by atoms with van der Waals surface area (Å²) in [6.07, 6.45) is 4.47. The molecule has 0 aliphatic carbocycles. The largest absolute Gasteiger partial charge is 0.322 e. The zero-order chi connectivity index (χ0) is 20.8. The van der Waals surface area contributed by atoms with Crippen molar-refractivity contribution in [2.24, 2.45) is 0 Å². The molecule has 3 aromatic rings. The Morgan fingerprint density at radius 2 is 1.63 bits per heavy atom. The van der Waals surface area contributed by atoms with Crippen LogP contribution in [-0.2, 0) is 4.79 Å². The fourth-order valence-corrected chi connectivity index (χ4v) is 4.19. The molecule has 30 heavy (non-hydrogen) atoms. The number of nitrogens with one attached hydrogen (secondary N) is 3. The Balaban J connectivity index is 1.26. The van der Waals surface area contributed by atoms with Gasteiger partial charge in [-0.1, -0.05) is 66.7 Å². The van der Waals surface area contributed by atoms with Crippen LogP contribution in [0.3, 0.4) is 0 Å². The van der Waals surface area contributed by atoms with E-state index < -0.39 is 0 Å². The second-order valence-electron chi connectivity index (χ2n) is 8.20. The summed E-state index contributed by atoms with van der Waals surface area (Å²) in [5, 5.41) is 5.46. The molecule has 4 rings (SSSR count). The van der Waals surface area contributed by atoms with Crippen molar-refractivity contribution in [2.75, 3.05) is 38.0 Å². The average Bonchev–Trinajstić information content (AvgIpc) is 2.80. The molecule has 3 N–H and O–H groups in total. The predicted molar refractivity (Wildman–Crippen MR) is 124 cm³/mol. The summed E-state index contributed by atoms with van der Waals surface area (Å²) in [6, 6.07) is 24.7. The minimum Gasteiger partial charge on any atom is -0.322 e. The Hall–Kier alpha value is -2.95. The lowest BCUT2D eigenvalue weighted by Gasteiger charge is -2.32. The normalized spacial score (nSPS) is 20.3. The summed E-state index contributed by atoms with van der Waals surface area (Å²) in [6.45, 7) is 7.34. The first kappa shape index (κ1) is 20.3. The predicted octanol–water partition coefficient (Wildman–Crippen LogP) is 1.66. The maximum absolute atomic E-state index is 12.8. The van der Waals surface area contributed by atoms with Crippen LogP contribution in [0.1, 0.15) is 12.5 Å². The van der Waals surface area contributed by atoms with Crippen molar-refractivity contribution >= 4 is 28.4 Å². The van der Waals surface area contributed by atoms with E-state index >= 15 is 0 Å². The third kappa shape index (κ3) is 5.15. The zero-order valence-electron chi connectivity index (χ0n) is 17.6. The molecule has 3 aromatic carbocycles. The van der Waals surface area contributed by atoms with Gasteiger partial charge in [-0.25, -0.2) is 0 Å². The van der Waals surface area contributed by atoms with Crippen molar-refractivity contribution in [2.45, 2.75) is 13.0 Å². The highest BCUT2D eigenvalue weighted by Crippen LogP contribution is 2.18. The summed E-state index contributed by atoms with van der Waals surface area (Å²) in [5.41, 5.74) is 2.13. The van der Waals surface area contributed by atoms with Crippen LogP contribution in [0.25, 0.3) is 16.8 Å². The summed E-state index contributed by atoms with van der Waals surface area (Å²) < 4.78 is 0.